The average molecular weight is 239 g/mol. The second-order valence-corrected chi connectivity index (χ2v) is 4.00. The highest BCUT2D eigenvalue weighted by molar-refractivity contribution is 5.76. The first kappa shape index (κ1) is 12.0. The molecule has 2 aromatic carbocycles. The van der Waals surface area contributed by atoms with Crippen LogP contribution in [0.5, 0.6) is 0 Å². The number of benzene rings is 2. The van der Waals surface area contributed by atoms with E-state index in [9.17, 15) is 10.1 Å². The molecule has 0 aliphatic heterocycles. The van der Waals surface area contributed by atoms with Crippen molar-refractivity contribution in [2.75, 3.05) is 0 Å². The number of rotatable bonds is 3. The van der Waals surface area contributed by atoms with Gasteiger partial charge in [0.05, 0.1) is 4.92 Å². The van der Waals surface area contributed by atoms with Crippen LogP contribution in [-0.4, -0.2) is 4.92 Å². The summed E-state index contributed by atoms with van der Waals surface area (Å²) in [6, 6.07) is 15.7. The van der Waals surface area contributed by atoms with Gasteiger partial charge in [0.15, 0.2) is 0 Å². The highest BCUT2D eigenvalue weighted by Gasteiger charge is 2.05. The zero-order chi connectivity index (χ0) is 13.0. The Morgan fingerprint density at radius 1 is 1.00 bits per heavy atom. The SMILES string of the molecule is Cc1ccccc1-c1ccccc1C=C[N+](=O)[O-]. The average Bonchev–Trinajstić information content (AvgIpc) is 2.37. The highest BCUT2D eigenvalue weighted by Crippen LogP contribution is 2.27. The largest absolute Gasteiger partial charge is 0.259 e. The van der Waals surface area contributed by atoms with E-state index in [0.717, 1.165) is 28.5 Å². The first-order chi connectivity index (χ1) is 8.68. The molecule has 0 N–H and O–H groups in total. The maximum Gasteiger partial charge on any atom is 0.235 e. The molecular formula is C15H13NO2. The predicted molar refractivity (Wildman–Crippen MR) is 72.6 cm³/mol. The van der Waals surface area contributed by atoms with Gasteiger partial charge in [0.25, 0.3) is 0 Å². The molecule has 0 aliphatic carbocycles. The Morgan fingerprint density at radius 2 is 1.61 bits per heavy atom. The van der Waals surface area contributed by atoms with Crippen molar-refractivity contribution in [3.05, 3.63) is 76.0 Å². The highest BCUT2D eigenvalue weighted by atomic mass is 16.6. The number of hydrogen-bond acceptors (Lipinski definition) is 2. The monoisotopic (exact) mass is 239 g/mol. The third-order valence-electron chi connectivity index (χ3n) is 2.77. The van der Waals surface area contributed by atoms with Crippen LogP contribution in [0.25, 0.3) is 17.2 Å². The smallest absolute Gasteiger partial charge is 0.235 e. The van der Waals surface area contributed by atoms with E-state index in [4.69, 9.17) is 0 Å². The lowest BCUT2D eigenvalue weighted by atomic mass is 9.96. The zero-order valence-electron chi connectivity index (χ0n) is 10.0. The molecule has 0 aliphatic rings. The van der Waals surface area contributed by atoms with Crippen LogP contribution in [0.15, 0.2) is 54.7 Å². The molecule has 0 unspecified atom stereocenters. The van der Waals surface area contributed by atoms with E-state index in [1.807, 2.05) is 55.5 Å². The van der Waals surface area contributed by atoms with Crippen molar-refractivity contribution in [1.29, 1.82) is 0 Å². The van der Waals surface area contributed by atoms with Crippen LogP contribution in [0, 0.1) is 17.0 Å². The zero-order valence-corrected chi connectivity index (χ0v) is 10.0. The molecule has 0 aromatic heterocycles. The number of hydrogen-bond donors (Lipinski definition) is 0. The van der Waals surface area contributed by atoms with Gasteiger partial charge in [-0.15, -0.1) is 0 Å². The van der Waals surface area contributed by atoms with Crippen molar-refractivity contribution in [1.82, 2.24) is 0 Å². The minimum absolute atomic E-state index is 0.450. The molecule has 3 heteroatoms. The minimum atomic E-state index is -0.450. The summed E-state index contributed by atoms with van der Waals surface area (Å²) in [5.74, 6) is 0. The van der Waals surface area contributed by atoms with E-state index in [-0.39, 0.29) is 0 Å². The van der Waals surface area contributed by atoms with Crippen molar-refractivity contribution in [2.45, 2.75) is 6.92 Å². The molecule has 0 radical (unpaired) electrons. The Hall–Kier alpha value is -2.42. The molecule has 2 aromatic rings. The molecular weight excluding hydrogens is 226 g/mol. The Morgan fingerprint density at radius 3 is 2.28 bits per heavy atom. The van der Waals surface area contributed by atoms with Crippen molar-refractivity contribution in [3.8, 4) is 11.1 Å². The lowest BCUT2D eigenvalue weighted by Crippen LogP contribution is -1.88. The number of aryl methyl sites for hydroxylation is 1. The van der Waals surface area contributed by atoms with E-state index in [0.29, 0.717) is 0 Å². The molecule has 90 valence electrons. The van der Waals surface area contributed by atoms with Crippen molar-refractivity contribution >= 4 is 6.08 Å². The standard InChI is InChI=1S/C15H13NO2/c1-12-6-2-4-8-14(12)15-9-5-3-7-13(15)10-11-16(17)18/h2-11H,1H3. The minimum Gasteiger partial charge on any atom is -0.259 e. The molecule has 0 atom stereocenters. The third kappa shape index (κ3) is 2.63. The summed E-state index contributed by atoms with van der Waals surface area (Å²) in [7, 11) is 0. The summed E-state index contributed by atoms with van der Waals surface area (Å²) < 4.78 is 0. The van der Waals surface area contributed by atoms with Crippen LogP contribution in [0.3, 0.4) is 0 Å². The summed E-state index contributed by atoms with van der Waals surface area (Å²) in [5.41, 5.74) is 4.11. The lowest BCUT2D eigenvalue weighted by molar-refractivity contribution is -0.400. The molecule has 3 nitrogen and oxygen atoms in total. The summed E-state index contributed by atoms with van der Waals surface area (Å²) >= 11 is 0. The molecule has 0 saturated carbocycles. The topological polar surface area (TPSA) is 43.1 Å². The van der Waals surface area contributed by atoms with Gasteiger partial charge in [0.1, 0.15) is 0 Å². The van der Waals surface area contributed by atoms with Crippen LogP contribution in [0.1, 0.15) is 11.1 Å². The first-order valence-corrected chi connectivity index (χ1v) is 5.65. The summed E-state index contributed by atoms with van der Waals surface area (Å²) in [6.45, 7) is 2.03. The number of nitrogens with zero attached hydrogens (tertiary/aromatic N) is 1. The van der Waals surface area contributed by atoms with Crippen LogP contribution >= 0.6 is 0 Å². The van der Waals surface area contributed by atoms with Crippen molar-refractivity contribution < 1.29 is 4.92 Å². The van der Waals surface area contributed by atoms with Crippen molar-refractivity contribution in [2.24, 2.45) is 0 Å². The third-order valence-corrected chi connectivity index (χ3v) is 2.77. The fourth-order valence-electron chi connectivity index (χ4n) is 1.90. The summed E-state index contributed by atoms with van der Waals surface area (Å²) in [6.07, 6.45) is 2.50. The van der Waals surface area contributed by atoms with Crippen LogP contribution < -0.4 is 0 Å². The van der Waals surface area contributed by atoms with Gasteiger partial charge in [-0.2, -0.15) is 0 Å². The number of nitro groups is 1. The van der Waals surface area contributed by atoms with Gasteiger partial charge in [-0.05, 0) is 29.2 Å². The maximum atomic E-state index is 10.4. The van der Waals surface area contributed by atoms with Gasteiger partial charge >= 0.3 is 0 Å². The van der Waals surface area contributed by atoms with E-state index in [1.165, 1.54) is 6.08 Å². The lowest BCUT2D eigenvalue weighted by Gasteiger charge is -2.08. The van der Waals surface area contributed by atoms with Gasteiger partial charge in [-0.1, -0.05) is 48.5 Å². The summed E-state index contributed by atoms with van der Waals surface area (Å²) in [5, 5.41) is 10.4. The van der Waals surface area contributed by atoms with E-state index in [2.05, 4.69) is 0 Å². The molecule has 0 spiro atoms. The van der Waals surface area contributed by atoms with Crippen LogP contribution in [0.4, 0.5) is 0 Å². The van der Waals surface area contributed by atoms with Gasteiger partial charge in [0.2, 0.25) is 6.20 Å². The Kier molecular flexibility index (Phi) is 3.53. The fraction of sp³-hybridized carbons (Fsp3) is 0.0667. The van der Waals surface area contributed by atoms with Gasteiger partial charge < -0.3 is 0 Å². The second kappa shape index (κ2) is 5.27. The van der Waals surface area contributed by atoms with E-state index >= 15 is 0 Å². The first-order valence-electron chi connectivity index (χ1n) is 5.65. The summed E-state index contributed by atoms with van der Waals surface area (Å²) in [4.78, 5) is 9.96. The fourth-order valence-corrected chi connectivity index (χ4v) is 1.90. The van der Waals surface area contributed by atoms with Gasteiger partial charge in [-0.25, -0.2) is 0 Å². The molecule has 0 saturated heterocycles. The molecule has 0 heterocycles. The van der Waals surface area contributed by atoms with Gasteiger partial charge in [-0.3, -0.25) is 10.1 Å². The molecule has 0 amide bonds. The normalized spacial score (nSPS) is 10.7. The maximum absolute atomic E-state index is 10.4. The quantitative estimate of drug-likeness (QED) is 0.602. The Labute approximate surface area is 106 Å². The van der Waals surface area contributed by atoms with Crippen molar-refractivity contribution in [3.63, 3.8) is 0 Å². The van der Waals surface area contributed by atoms with Crippen LogP contribution in [0.2, 0.25) is 0 Å². The van der Waals surface area contributed by atoms with E-state index < -0.39 is 4.92 Å². The molecule has 0 fully saturated rings. The van der Waals surface area contributed by atoms with Crippen LogP contribution in [-0.2, 0) is 0 Å². The molecule has 0 bridgehead atoms. The molecule has 2 rings (SSSR count). The van der Waals surface area contributed by atoms with E-state index in [1.54, 1.807) is 0 Å². The second-order valence-electron chi connectivity index (χ2n) is 4.00. The van der Waals surface area contributed by atoms with Gasteiger partial charge in [0, 0.05) is 6.08 Å². The predicted octanol–water partition coefficient (Wildman–Crippen LogP) is 3.91. The Bertz CT molecular complexity index is 603. The Balaban J connectivity index is 2.52. The molecule has 18 heavy (non-hydrogen) atoms.